The van der Waals surface area contributed by atoms with E-state index in [1.54, 1.807) is 43.3 Å². The fourth-order valence-corrected chi connectivity index (χ4v) is 13.8. The Morgan fingerprint density at radius 2 is 1.03 bits per heavy atom. The highest BCUT2D eigenvalue weighted by atomic mass is 79.9. The van der Waals surface area contributed by atoms with Gasteiger partial charge in [-0.05, 0) is 170 Å². The SMILES string of the molecule is C=COCC.CCOC(C)OCCC/C(=C\OS(=O)(=O)c1ccc(C)cc1)C(=O)c1ccc(P)cc1.CCOC(C)OCCC/C(=C\[N+]1(CCc2ccccc2)CCC(N(C(=O)CC)c2ccccc2)CC1)C(=O)c1ccc(P)cc1.CCOC(C)OCCCCC(=O)c1ccc(P)cc1.O=C1CCCCO1.Pc1ccc(Br)cc1. The summed E-state index contributed by atoms with van der Waals surface area (Å²) in [5, 5.41) is 4.30. The molecule has 0 bridgehead atoms. The molecular weight excluding hydrogens is 1610 g/mol. The molecule has 1 amide bonds. The van der Waals surface area contributed by atoms with Crippen molar-refractivity contribution in [1.29, 1.82) is 0 Å². The minimum Gasteiger partial charge on any atom is -0.502 e. The summed E-state index contributed by atoms with van der Waals surface area (Å²) in [5.74, 6) is 0.0982. The lowest BCUT2D eigenvalue weighted by molar-refractivity contribution is -0.884. The van der Waals surface area contributed by atoms with E-state index in [0.717, 1.165) is 127 Å². The maximum absolute atomic E-state index is 14.1. The molecule has 0 aliphatic carbocycles. The largest absolute Gasteiger partial charge is 0.502 e. The van der Waals surface area contributed by atoms with Crippen LogP contribution in [0.15, 0.2) is 228 Å². The van der Waals surface area contributed by atoms with Gasteiger partial charge in [0.15, 0.2) is 36.2 Å². The van der Waals surface area contributed by atoms with Gasteiger partial charge in [0.25, 0.3) is 0 Å². The first-order chi connectivity index (χ1) is 55.3. The molecule has 0 radical (unpaired) electrons. The molecule has 24 heteroatoms. The average molecular weight is 1740 g/mol. The lowest BCUT2D eigenvalue weighted by Crippen LogP contribution is -2.55. The number of rotatable bonds is 39. The van der Waals surface area contributed by atoms with Crippen LogP contribution in [0.2, 0.25) is 0 Å². The van der Waals surface area contributed by atoms with E-state index in [4.69, 9.17) is 32.6 Å². The number of para-hydroxylation sites is 1. The molecule has 0 N–H and O–H groups in total. The van der Waals surface area contributed by atoms with Gasteiger partial charge in [-0.3, -0.25) is 28.5 Å². The summed E-state index contributed by atoms with van der Waals surface area (Å²) in [6.45, 7) is 27.7. The van der Waals surface area contributed by atoms with E-state index in [0.29, 0.717) is 100 Å². The van der Waals surface area contributed by atoms with Gasteiger partial charge in [0.1, 0.15) is 17.4 Å². The molecule has 2 heterocycles. The van der Waals surface area contributed by atoms with Crippen LogP contribution in [0.1, 0.15) is 181 Å². The standard InChI is InChI=1S/C38H50N2O4P.C23H29O6PS.C15H23O3P.C6H6BrP.C5H8O2.C4H8O/c1-4-37(41)39(34-16-10-7-11-17-34)35-23-26-40(27-24-35,25-22-31-13-8-6-9-14-31)29-33(15-12-28-44-30(3)43-5-2)38(42)32-18-20-36(45)21-19-32;1-4-27-18(3)28-15-5-6-20(23(24)19-9-11-21(30)12-10-19)16-29-31(25,26)22-13-7-17(2)8-14-22;1-3-17-12(2)18-11-5-4-6-15(16)13-7-9-14(19)10-8-13;7-5-1-3-6(8)4-2-5;6-5-3-1-2-4-7-5;1-3-5-4-2/h6-11,13-14,16-21,29-30,35H,4-5,12,15,22-28,45H2,1-3H3;7-14,16,18H,4-6,15,30H2,1-3H3;7-10,12H,3-6,11,19H2,1-2H3;1-4H,8H2;1-4H2;3H,1,4H2,2H3/q+1;;;;;/b33-29+;20-16+;;;;. The third-order valence-corrected chi connectivity index (χ3v) is 21.4. The molecule has 626 valence electrons. The van der Waals surface area contributed by atoms with Gasteiger partial charge < -0.3 is 47.0 Å². The minimum absolute atomic E-state index is 0.0300. The topological polar surface area (TPSA) is 206 Å². The number of halogens is 1. The number of unbranched alkanes of at least 4 members (excludes halogenated alkanes) is 1. The molecule has 2 saturated heterocycles. The van der Waals surface area contributed by atoms with Crippen molar-refractivity contribution in [1.82, 2.24) is 0 Å². The van der Waals surface area contributed by atoms with Crippen molar-refractivity contribution < 1.29 is 79.0 Å². The molecule has 115 heavy (non-hydrogen) atoms. The van der Waals surface area contributed by atoms with Crippen molar-refractivity contribution in [3.63, 3.8) is 0 Å². The van der Waals surface area contributed by atoms with Crippen molar-refractivity contribution in [2.75, 3.05) is 77.4 Å². The van der Waals surface area contributed by atoms with Gasteiger partial charge in [0.05, 0.1) is 57.9 Å². The van der Waals surface area contributed by atoms with E-state index >= 15 is 0 Å². The van der Waals surface area contributed by atoms with Gasteiger partial charge in [0, 0.05) is 103 Å². The monoisotopic (exact) mass is 1740 g/mol. The Balaban J connectivity index is 0.000000340. The Morgan fingerprint density at radius 3 is 1.45 bits per heavy atom. The number of nitrogens with zero attached hydrogens (tertiary/aromatic N) is 2. The molecule has 7 unspecified atom stereocenters. The zero-order valence-corrected chi connectivity index (χ0v) is 75.8. The number of esters is 1. The van der Waals surface area contributed by atoms with Gasteiger partial charge in [-0.25, -0.2) is 0 Å². The fraction of sp³-hybridized carbons (Fsp3) is 0.418. The Bertz CT molecular complexity index is 4070. The van der Waals surface area contributed by atoms with Gasteiger partial charge >= 0.3 is 16.1 Å². The number of benzene rings is 7. The number of quaternary nitrogens is 1. The summed E-state index contributed by atoms with van der Waals surface area (Å²) in [7, 11) is 6.46. The van der Waals surface area contributed by atoms with E-state index < -0.39 is 10.1 Å². The lowest BCUT2D eigenvalue weighted by atomic mass is 9.95. The second kappa shape index (κ2) is 58.1. The van der Waals surface area contributed by atoms with E-state index in [9.17, 15) is 32.4 Å². The number of carbonyl (C=O) groups is 5. The Kier molecular flexibility index (Phi) is 50.8. The van der Waals surface area contributed by atoms with Crippen molar-refractivity contribution in [3.05, 3.63) is 251 Å². The highest BCUT2D eigenvalue weighted by molar-refractivity contribution is 9.10. The van der Waals surface area contributed by atoms with Crippen LogP contribution in [0.4, 0.5) is 5.69 Å². The van der Waals surface area contributed by atoms with Gasteiger partial charge in [0.2, 0.25) is 5.91 Å². The van der Waals surface area contributed by atoms with Crippen molar-refractivity contribution in [2.24, 2.45) is 0 Å². The van der Waals surface area contributed by atoms with Crippen LogP contribution in [0, 0.1) is 6.92 Å². The molecule has 0 spiro atoms. The van der Waals surface area contributed by atoms with Crippen LogP contribution >= 0.6 is 52.9 Å². The summed E-state index contributed by atoms with van der Waals surface area (Å²) in [6.07, 6.45) is 14.2. The number of likely N-dealkylation sites (tertiary alicyclic amines) is 1. The number of ketones is 3. The van der Waals surface area contributed by atoms with Crippen LogP contribution in [-0.2, 0) is 68.2 Å². The molecule has 18 nitrogen and oxygen atoms in total. The summed E-state index contributed by atoms with van der Waals surface area (Å²) in [5.41, 5.74) is 6.21. The number of carbonyl (C=O) groups excluding carboxylic acids is 5. The number of anilines is 1. The molecule has 7 aromatic carbocycles. The number of cyclic esters (lactones) is 1. The Morgan fingerprint density at radius 1 is 0.565 bits per heavy atom. The highest BCUT2D eigenvalue weighted by Gasteiger charge is 2.38. The Labute approximate surface area is 703 Å². The van der Waals surface area contributed by atoms with E-state index in [1.807, 2.05) is 169 Å². The number of Topliss-reactive ketones (excluding diaryl/α,β-unsaturated/α-hetero) is 3. The predicted molar refractivity (Wildman–Crippen MR) is 482 cm³/mol. The summed E-state index contributed by atoms with van der Waals surface area (Å²) in [4.78, 5) is 64.4. The van der Waals surface area contributed by atoms with E-state index in [2.05, 4.69) is 99.4 Å². The quantitative estimate of drug-likeness (QED) is 0.00404. The normalized spacial score (nSPS) is 15.3. The molecule has 9 rings (SSSR count). The number of aryl methyl sites for hydroxylation is 1. The van der Waals surface area contributed by atoms with Gasteiger partial charge in [-0.2, -0.15) is 8.42 Å². The molecule has 7 atom stereocenters. The van der Waals surface area contributed by atoms with Crippen molar-refractivity contribution >= 4 is 119 Å². The Hall–Kier alpha value is -6.82. The second-order valence-corrected chi connectivity index (χ2v) is 32.3. The highest BCUT2D eigenvalue weighted by Crippen LogP contribution is 2.31. The third kappa shape index (κ3) is 41.4. The lowest BCUT2D eigenvalue weighted by Gasteiger charge is -2.44. The number of hydrogen-bond donors (Lipinski definition) is 0. The first-order valence-corrected chi connectivity index (χ1v) is 44.3. The van der Waals surface area contributed by atoms with Gasteiger partial charge in [-0.15, -0.1) is 37.0 Å². The summed E-state index contributed by atoms with van der Waals surface area (Å²) < 4.78 is 74.2. The minimum atomic E-state index is -4.03. The van der Waals surface area contributed by atoms with Crippen LogP contribution in [0.25, 0.3) is 0 Å². The zero-order chi connectivity index (χ0) is 84.2. The molecule has 2 aliphatic heterocycles. The smallest absolute Gasteiger partial charge is 0.338 e. The third-order valence-electron chi connectivity index (χ3n) is 18.1. The number of amides is 1. The molecule has 2 aliphatic rings. The first kappa shape index (κ1) is 101. The van der Waals surface area contributed by atoms with Crippen LogP contribution < -0.4 is 26.1 Å². The van der Waals surface area contributed by atoms with Crippen LogP contribution in [0.3, 0.4) is 0 Å². The molecular formula is C91H124BrN2O16P4S+. The van der Waals surface area contributed by atoms with Gasteiger partial charge in [-0.1, -0.05) is 181 Å². The number of piperidine rings is 1. The molecule has 0 saturated carbocycles. The number of ether oxygens (including phenoxy) is 8. The number of allylic oxidation sites excluding steroid dienone is 2. The maximum Gasteiger partial charge on any atom is 0.338 e. The fourth-order valence-electron chi connectivity index (χ4n) is 11.9. The van der Waals surface area contributed by atoms with Crippen LogP contribution in [0.5, 0.6) is 0 Å². The first-order valence-electron chi connectivity index (χ1n) is 39.7. The zero-order valence-electron chi connectivity index (χ0n) is 68.8. The molecule has 0 aromatic heterocycles. The maximum atomic E-state index is 14.1. The average Bonchev–Trinajstić information content (AvgIpc) is 0.797. The molecule has 7 aromatic rings. The van der Waals surface area contributed by atoms with Crippen molar-refractivity contribution in [3.8, 4) is 0 Å². The summed E-state index contributed by atoms with van der Waals surface area (Å²) in [6, 6.07) is 57.6. The van der Waals surface area contributed by atoms with Crippen molar-refractivity contribution in [2.45, 2.75) is 182 Å². The van der Waals surface area contributed by atoms with E-state index in [1.165, 1.54) is 29.3 Å². The summed E-state index contributed by atoms with van der Waals surface area (Å²) >= 11 is 3.34. The predicted octanol–water partition coefficient (Wildman–Crippen LogP) is 18.0. The van der Waals surface area contributed by atoms with E-state index in [-0.39, 0.29) is 64.6 Å². The van der Waals surface area contributed by atoms with Crippen LogP contribution in [-0.4, -0.2) is 140 Å². The second-order valence-electron chi connectivity index (χ2n) is 27.1. The molecule has 2 fully saturated rings. The number of hydrogen-bond acceptors (Lipinski definition) is 16.